The van der Waals surface area contributed by atoms with Gasteiger partial charge in [0.05, 0.1) is 7.11 Å². The van der Waals surface area contributed by atoms with Crippen molar-refractivity contribution in [2.75, 3.05) is 13.7 Å². The summed E-state index contributed by atoms with van der Waals surface area (Å²) in [5, 5.41) is 11.9. The largest absolute Gasteiger partial charge is 0.496 e. The molecule has 1 amide bonds. The lowest BCUT2D eigenvalue weighted by Gasteiger charge is -2.14. The van der Waals surface area contributed by atoms with Crippen molar-refractivity contribution in [2.45, 2.75) is 26.5 Å². The van der Waals surface area contributed by atoms with Crippen LogP contribution in [0, 0.1) is 13.8 Å². The molecule has 0 fully saturated rings. The number of hydrogen-bond donors (Lipinski definition) is 3. The number of methoxy groups -OCH3 is 1. The molecule has 1 rings (SSSR count). The Labute approximate surface area is 107 Å². The molecule has 18 heavy (non-hydrogen) atoms. The average molecular weight is 252 g/mol. The fourth-order valence-electron chi connectivity index (χ4n) is 1.58. The number of carbonyl (C=O) groups excluding carboxylic acids is 1. The molecule has 1 aromatic rings. The molecule has 100 valence electrons. The summed E-state index contributed by atoms with van der Waals surface area (Å²) in [5.41, 5.74) is 8.33. The maximum Gasteiger partial charge on any atom is 0.250 e. The lowest BCUT2D eigenvalue weighted by Crippen LogP contribution is -2.38. The highest BCUT2D eigenvalue weighted by atomic mass is 16.5. The van der Waals surface area contributed by atoms with E-state index in [1.165, 1.54) is 0 Å². The van der Waals surface area contributed by atoms with E-state index in [2.05, 4.69) is 5.32 Å². The summed E-state index contributed by atoms with van der Waals surface area (Å²) in [6.07, 6.45) is -1.16. The molecule has 1 atom stereocenters. The summed E-state index contributed by atoms with van der Waals surface area (Å²) in [7, 11) is 1.59. The molecular formula is C13H20N2O3. The maximum atomic E-state index is 11.4. The third-order valence-electron chi connectivity index (χ3n) is 2.88. The van der Waals surface area contributed by atoms with Crippen LogP contribution in [0.25, 0.3) is 0 Å². The number of rotatable bonds is 5. The summed E-state index contributed by atoms with van der Waals surface area (Å²) in [4.78, 5) is 11.4. The van der Waals surface area contributed by atoms with Crippen molar-refractivity contribution in [3.63, 3.8) is 0 Å². The van der Waals surface area contributed by atoms with Gasteiger partial charge in [0.15, 0.2) is 0 Å². The number of nitrogens with one attached hydrogen (secondary N) is 1. The molecule has 0 heterocycles. The van der Waals surface area contributed by atoms with Gasteiger partial charge in [-0.1, -0.05) is 6.07 Å². The molecule has 5 heteroatoms. The second-order valence-corrected chi connectivity index (χ2v) is 4.22. The Kier molecular flexibility index (Phi) is 5.12. The number of aryl methyl sites for hydroxylation is 2. The minimum absolute atomic E-state index is 0.0874. The van der Waals surface area contributed by atoms with E-state index in [1.54, 1.807) is 7.11 Å². The molecule has 5 nitrogen and oxygen atoms in total. The van der Waals surface area contributed by atoms with E-state index >= 15 is 0 Å². The summed E-state index contributed by atoms with van der Waals surface area (Å²) in [5.74, 6) is 0.249. The molecule has 1 unspecified atom stereocenters. The highest BCUT2D eigenvalue weighted by Gasteiger charge is 2.13. The van der Waals surface area contributed by atoms with Crippen molar-refractivity contribution in [1.82, 2.24) is 5.32 Å². The highest BCUT2D eigenvalue weighted by molar-refractivity contribution is 5.80. The maximum absolute atomic E-state index is 11.4. The first-order valence-corrected chi connectivity index (χ1v) is 5.79. The molecule has 1 aromatic carbocycles. The zero-order valence-corrected chi connectivity index (χ0v) is 11.0. The minimum atomic E-state index is -1.16. The van der Waals surface area contributed by atoms with Crippen LogP contribution < -0.4 is 15.8 Å². The third-order valence-corrected chi connectivity index (χ3v) is 2.88. The van der Waals surface area contributed by atoms with Crippen LogP contribution in [0.4, 0.5) is 0 Å². The standard InChI is InChI=1S/C13H20N2O3/c1-8-4-10(12(18-3)5-9(8)2)7-15-13(17)11(16)6-14/h4-5,11,16H,6-7,14H2,1-3H3,(H,15,17). The van der Waals surface area contributed by atoms with Gasteiger partial charge in [-0.15, -0.1) is 0 Å². The first-order valence-electron chi connectivity index (χ1n) is 5.79. The van der Waals surface area contributed by atoms with Gasteiger partial charge < -0.3 is 20.9 Å². The Balaban J connectivity index is 2.78. The van der Waals surface area contributed by atoms with Gasteiger partial charge in [0.1, 0.15) is 11.9 Å². The first-order chi connectivity index (χ1) is 8.49. The number of ether oxygens (including phenoxy) is 1. The molecule has 0 aliphatic carbocycles. The lowest BCUT2D eigenvalue weighted by molar-refractivity contribution is -0.128. The van der Waals surface area contributed by atoms with E-state index in [0.717, 1.165) is 22.4 Å². The summed E-state index contributed by atoms with van der Waals surface area (Å²) >= 11 is 0. The van der Waals surface area contributed by atoms with Crippen molar-refractivity contribution < 1.29 is 14.6 Å². The second-order valence-electron chi connectivity index (χ2n) is 4.22. The van der Waals surface area contributed by atoms with E-state index < -0.39 is 12.0 Å². The van der Waals surface area contributed by atoms with Gasteiger partial charge in [0, 0.05) is 18.7 Å². The van der Waals surface area contributed by atoms with Crippen LogP contribution in [0.3, 0.4) is 0 Å². The molecule has 0 spiro atoms. The predicted molar refractivity (Wildman–Crippen MR) is 69.4 cm³/mol. The number of benzene rings is 1. The Bertz CT molecular complexity index is 432. The number of carbonyl (C=O) groups is 1. The Morgan fingerprint density at radius 1 is 1.44 bits per heavy atom. The minimum Gasteiger partial charge on any atom is -0.496 e. The number of aliphatic hydroxyl groups is 1. The topological polar surface area (TPSA) is 84.6 Å². The van der Waals surface area contributed by atoms with Gasteiger partial charge in [-0.05, 0) is 31.0 Å². The van der Waals surface area contributed by atoms with Crippen molar-refractivity contribution in [1.29, 1.82) is 0 Å². The predicted octanol–water partition coefficient (Wildman–Crippen LogP) is 0.248. The number of nitrogens with two attached hydrogens (primary N) is 1. The molecule has 0 saturated carbocycles. The van der Waals surface area contributed by atoms with Crippen molar-refractivity contribution in [2.24, 2.45) is 5.73 Å². The van der Waals surface area contributed by atoms with Gasteiger partial charge in [0.25, 0.3) is 0 Å². The number of amides is 1. The van der Waals surface area contributed by atoms with E-state index in [0.29, 0.717) is 6.54 Å². The zero-order valence-electron chi connectivity index (χ0n) is 11.0. The number of aliphatic hydroxyl groups excluding tert-OH is 1. The fraction of sp³-hybridized carbons (Fsp3) is 0.462. The van der Waals surface area contributed by atoms with E-state index in [1.807, 2.05) is 26.0 Å². The summed E-state index contributed by atoms with van der Waals surface area (Å²) in [6, 6.07) is 3.89. The lowest BCUT2D eigenvalue weighted by atomic mass is 10.0. The fourth-order valence-corrected chi connectivity index (χ4v) is 1.58. The van der Waals surface area contributed by atoms with Crippen molar-refractivity contribution in [3.05, 3.63) is 28.8 Å². The van der Waals surface area contributed by atoms with Crippen molar-refractivity contribution in [3.8, 4) is 5.75 Å². The highest BCUT2D eigenvalue weighted by Crippen LogP contribution is 2.22. The normalized spacial score (nSPS) is 12.1. The molecule has 0 saturated heterocycles. The summed E-state index contributed by atoms with van der Waals surface area (Å²) in [6.45, 7) is 4.21. The van der Waals surface area contributed by atoms with Crippen LogP contribution in [0.15, 0.2) is 12.1 Å². The van der Waals surface area contributed by atoms with E-state index in [4.69, 9.17) is 10.5 Å². The molecular weight excluding hydrogens is 232 g/mol. The van der Waals surface area contributed by atoms with Gasteiger partial charge in [-0.3, -0.25) is 4.79 Å². The van der Waals surface area contributed by atoms with Crippen LogP contribution in [0.2, 0.25) is 0 Å². The Morgan fingerprint density at radius 3 is 2.61 bits per heavy atom. The monoisotopic (exact) mass is 252 g/mol. The SMILES string of the molecule is COc1cc(C)c(C)cc1CNC(=O)C(O)CN. The average Bonchev–Trinajstić information content (AvgIpc) is 2.38. The van der Waals surface area contributed by atoms with E-state index in [9.17, 15) is 9.90 Å². The molecule has 0 aliphatic heterocycles. The Morgan fingerprint density at radius 2 is 2.06 bits per heavy atom. The van der Waals surface area contributed by atoms with Crippen LogP contribution in [-0.2, 0) is 11.3 Å². The van der Waals surface area contributed by atoms with Crippen LogP contribution in [0.1, 0.15) is 16.7 Å². The van der Waals surface area contributed by atoms with Crippen LogP contribution in [-0.4, -0.2) is 30.8 Å². The molecule has 0 aromatic heterocycles. The summed E-state index contributed by atoms with van der Waals surface area (Å²) < 4.78 is 5.26. The Hall–Kier alpha value is -1.59. The molecule has 0 bridgehead atoms. The quantitative estimate of drug-likeness (QED) is 0.701. The first kappa shape index (κ1) is 14.5. The molecule has 0 radical (unpaired) electrons. The second kappa shape index (κ2) is 6.37. The van der Waals surface area contributed by atoms with Crippen molar-refractivity contribution >= 4 is 5.91 Å². The molecule has 4 N–H and O–H groups in total. The third kappa shape index (κ3) is 3.45. The van der Waals surface area contributed by atoms with Crippen LogP contribution >= 0.6 is 0 Å². The van der Waals surface area contributed by atoms with Gasteiger partial charge in [-0.25, -0.2) is 0 Å². The van der Waals surface area contributed by atoms with Gasteiger partial charge in [-0.2, -0.15) is 0 Å². The number of hydrogen-bond acceptors (Lipinski definition) is 4. The smallest absolute Gasteiger partial charge is 0.250 e. The van der Waals surface area contributed by atoms with E-state index in [-0.39, 0.29) is 6.54 Å². The molecule has 0 aliphatic rings. The van der Waals surface area contributed by atoms with Gasteiger partial charge >= 0.3 is 0 Å². The zero-order chi connectivity index (χ0) is 13.7. The van der Waals surface area contributed by atoms with Gasteiger partial charge in [0.2, 0.25) is 5.91 Å². The van der Waals surface area contributed by atoms with Crippen LogP contribution in [0.5, 0.6) is 5.75 Å².